The Morgan fingerprint density at radius 3 is 2.55 bits per heavy atom. The summed E-state index contributed by atoms with van der Waals surface area (Å²) in [6.07, 6.45) is 5.35. The van der Waals surface area contributed by atoms with Crippen molar-refractivity contribution in [3.8, 4) is 5.75 Å². The van der Waals surface area contributed by atoms with Crippen LogP contribution in [0.2, 0.25) is 0 Å². The molecule has 1 aromatic heterocycles. The van der Waals surface area contributed by atoms with E-state index in [2.05, 4.69) is 5.32 Å². The first-order valence-electron chi connectivity index (χ1n) is 9.47. The number of allylic oxidation sites excluding steroid dienone is 1. The molecule has 2 aromatic rings. The van der Waals surface area contributed by atoms with Crippen LogP contribution in [0.25, 0.3) is 0 Å². The molecule has 0 radical (unpaired) electrons. The number of amides is 2. The van der Waals surface area contributed by atoms with Gasteiger partial charge >= 0.3 is 0 Å². The molecular weight excluding hydrogens is 415 g/mol. The standard InChI is InChI=1S/C21H18F3N3O4/c1-21-4-2-3-5-26(10-21)20(31)16-18(29)17(28)13(9-27(16)21)19(30)25-8-12-14(23)6-11(22)7-15(12)24/h2-3,6-7,9,29H,4-5,8,10H2,1H3,(H,25,30). The lowest BCUT2D eigenvalue weighted by Gasteiger charge is -2.42. The van der Waals surface area contributed by atoms with Crippen LogP contribution >= 0.6 is 0 Å². The average molecular weight is 433 g/mol. The summed E-state index contributed by atoms with van der Waals surface area (Å²) in [6.45, 7) is 1.81. The number of hydrogen-bond acceptors (Lipinski definition) is 4. The van der Waals surface area contributed by atoms with E-state index in [4.69, 9.17) is 0 Å². The third-order valence-corrected chi connectivity index (χ3v) is 5.61. The molecule has 2 aliphatic rings. The van der Waals surface area contributed by atoms with Crippen molar-refractivity contribution in [1.82, 2.24) is 14.8 Å². The lowest BCUT2D eigenvalue weighted by atomic mass is 9.93. The third kappa shape index (κ3) is 3.37. The van der Waals surface area contributed by atoms with Crippen LogP contribution in [0.3, 0.4) is 0 Å². The Morgan fingerprint density at radius 2 is 1.87 bits per heavy atom. The number of carbonyl (C=O) groups excluding carboxylic acids is 2. The molecule has 1 aromatic carbocycles. The predicted octanol–water partition coefficient (Wildman–Crippen LogP) is 2.03. The number of fused-ring (bicyclic) bond motifs is 4. The fourth-order valence-electron chi connectivity index (χ4n) is 3.96. The van der Waals surface area contributed by atoms with E-state index in [1.165, 1.54) is 15.7 Å². The van der Waals surface area contributed by atoms with Crippen LogP contribution in [0.15, 0.2) is 35.3 Å². The highest BCUT2D eigenvalue weighted by molar-refractivity contribution is 5.99. The molecule has 0 spiro atoms. The Morgan fingerprint density at radius 1 is 1.19 bits per heavy atom. The minimum atomic E-state index is -1.19. The summed E-state index contributed by atoms with van der Waals surface area (Å²) in [5.41, 5.74) is -3.07. The monoisotopic (exact) mass is 433 g/mol. The fourth-order valence-corrected chi connectivity index (χ4v) is 3.96. The minimum absolute atomic E-state index is 0.213. The molecule has 2 amide bonds. The number of pyridine rings is 1. The highest BCUT2D eigenvalue weighted by Gasteiger charge is 2.42. The van der Waals surface area contributed by atoms with Gasteiger partial charge in [0.05, 0.1) is 5.54 Å². The van der Waals surface area contributed by atoms with E-state index >= 15 is 0 Å². The second-order valence-electron chi connectivity index (χ2n) is 7.83. The Labute approximate surface area is 174 Å². The van der Waals surface area contributed by atoms with Crippen molar-refractivity contribution in [3.63, 3.8) is 0 Å². The van der Waals surface area contributed by atoms with E-state index in [0.717, 1.165) is 0 Å². The van der Waals surface area contributed by atoms with Crippen LogP contribution in [0, 0.1) is 17.5 Å². The smallest absolute Gasteiger partial charge is 0.274 e. The highest BCUT2D eigenvalue weighted by Crippen LogP contribution is 2.34. The maximum Gasteiger partial charge on any atom is 0.274 e. The van der Waals surface area contributed by atoms with Gasteiger partial charge in [-0.25, -0.2) is 13.2 Å². The Hall–Kier alpha value is -3.56. The van der Waals surface area contributed by atoms with Crippen molar-refractivity contribution >= 4 is 11.8 Å². The van der Waals surface area contributed by atoms with Crippen LogP contribution in [-0.2, 0) is 12.1 Å². The molecule has 2 bridgehead atoms. The van der Waals surface area contributed by atoms with E-state index in [-0.39, 0.29) is 5.69 Å². The molecule has 2 aliphatic heterocycles. The van der Waals surface area contributed by atoms with Crippen LogP contribution in [0.1, 0.15) is 39.8 Å². The number of nitrogens with one attached hydrogen (secondary N) is 1. The molecule has 0 fully saturated rings. The number of aromatic nitrogens is 1. The average Bonchev–Trinajstić information content (AvgIpc) is 2.88. The summed E-state index contributed by atoms with van der Waals surface area (Å²) >= 11 is 0. The molecule has 0 saturated carbocycles. The summed E-state index contributed by atoms with van der Waals surface area (Å²) in [5.74, 6) is -5.89. The van der Waals surface area contributed by atoms with Crippen LogP contribution in [-0.4, -0.2) is 39.5 Å². The van der Waals surface area contributed by atoms with Crippen molar-refractivity contribution in [2.24, 2.45) is 0 Å². The van der Waals surface area contributed by atoms with Gasteiger partial charge in [0, 0.05) is 43.5 Å². The zero-order chi connectivity index (χ0) is 22.5. The molecule has 0 saturated heterocycles. The summed E-state index contributed by atoms with van der Waals surface area (Å²) < 4.78 is 42.1. The number of aromatic hydroxyl groups is 1. The van der Waals surface area contributed by atoms with Crippen LogP contribution < -0.4 is 10.7 Å². The molecule has 1 atom stereocenters. The van der Waals surface area contributed by atoms with Gasteiger partial charge in [-0.15, -0.1) is 0 Å². The minimum Gasteiger partial charge on any atom is -0.503 e. The van der Waals surface area contributed by atoms with Gasteiger partial charge in [-0.3, -0.25) is 14.4 Å². The first-order valence-corrected chi connectivity index (χ1v) is 9.47. The number of halogens is 3. The molecule has 4 rings (SSSR count). The molecule has 3 heterocycles. The van der Waals surface area contributed by atoms with Gasteiger partial charge in [0.1, 0.15) is 23.0 Å². The van der Waals surface area contributed by atoms with E-state index < -0.39 is 63.7 Å². The first-order chi connectivity index (χ1) is 14.6. The number of hydrogen-bond donors (Lipinski definition) is 2. The van der Waals surface area contributed by atoms with Crippen molar-refractivity contribution in [1.29, 1.82) is 0 Å². The van der Waals surface area contributed by atoms with Crippen molar-refractivity contribution in [2.45, 2.75) is 25.4 Å². The molecular formula is C21H18F3N3O4. The van der Waals surface area contributed by atoms with Gasteiger partial charge in [0.2, 0.25) is 5.43 Å². The van der Waals surface area contributed by atoms with Gasteiger partial charge in [0.15, 0.2) is 11.4 Å². The van der Waals surface area contributed by atoms with Gasteiger partial charge in [0.25, 0.3) is 11.8 Å². The lowest BCUT2D eigenvalue weighted by Crippen LogP contribution is -2.52. The number of rotatable bonds is 3. The molecule has 7 nitrogen and oxygen atoms in total. The molecule has 0 aliphatic carbocycles. The number of nitrogens with zero attached hydrogens (tertiary/aromatic N) is 2. The molecule has 2 N–H and O–H groups in total. The van der Waals surface area contributed by atoms with E-state index in [1.54, 1.807) is 0 Å². The quantitative estimate of drug-likeness (QED) is 0.725. The van der Waals surface area contributed by atoms with Crippen molar-refractivity contribution in [3.05, 3.63) is 75.0 Å². The largest absolute Gasteiger partial charge is 0.503 e. The third-order valence-electron chi connectivity index (χ3n) is 5.61. The van der Waals surface area contributed by atoms with Gasteiger partial charge in [-0.1, -0.05) is 12.2 Å². The van der Waals surface area contributed by atoms with Crippen LogP contribution in [0.5, 0.6) is 5.75 Å². The predicted molar refractivity (Wildman–Crippen MR) is 103 cm³/mol. The lowest BCUT2D eigenvalue weighted by molar-refractivity contribution is 0.0603. The summed E-state index contributed by atoms with van der Waals surface area (Å²) in [4.78, 5) is 39.5. The maximum absolute atomic E-state index is 13.8. The second kappa shape index (κ2) is 7.29. The summed E-state index contributed by atoms with van der Waals surface area (Å²) in [7, 11) is 0. The SMILES string of the molecule is CC12CC=CCN(C1)C(=O)c1c(O)c(=O)c(C(=O)NCc3c(F)cc(F)cc3F)cn12. The Kier molecular flexibility index (Phi) is 4.87. The zero-order valence-electron chi connectivity index (χ0n) is 16.4. The molecule has 162 valence electrons. The maximum atomic E-state index is 13.8. The highest BCUT2D eigenvalue weighted by atomic mass is 19.1. The van der Waals surface area contributed by atoms with Gasteiger partial charge < -0.3 is 19.9 Å². The molecule has 31 heavy (non-hydrogen) atoms. The normalized spacial score (nSPS) is 19.7. The van der Waals surface area contributed by atoms with E-state index in [1.807, 2.05) is 19.1 Å². The summed E-state index contributed by atoms with van der Waals surface area (Å²) in [6, 6.07) is 0.948. The number of carbonyl (C=O) groups is 2. The van der Waals surface area contributed by atoms with E-state index in [9.17, 15) is 32.7 Å². The second-order valence-corrected chi connectivity index (χ2v) is 7.83. The van der Waals surface area contributed by atoms with E-state index in [0.29, 0.717) is 31.6 Å². The topological polar surface area (TPSA) is 91.6 Å². The molecule has 10 heteroatoms. The Bertz CT molecular complexity index is 1180. The van der Waals surface area contributed by atoms with Crippen molar-refractivity contribution < 1.29 is 27.9 Å². The first kappa shape index (κ1) is 20.7. The zero-order valence-corrected chi connectivity index (χ0v) is 16.4. The fraction of sp³-hybridized carbons (Fsp3) is 0.286. The van der Waals surface area contributed by atoms with Crippen molar-refractivity contribution in [2.75, 3.05) is 13.1 Å². The number of benzene rings is 1. The summed E-state index contributed by atoms with van der Waals surface area (Å²) in [5, 5.41) is 12.7. The Balaban J connectivity index is 1.72. The molecule has 1 unspecified atom stereocenters. The van der Waals surface area contributed by atoms with Crippen LogP contribution in [0.4, 0.5) is 13.2 Å². The van der Waals surface area contributed by atoms with Gasteiger partial charge in [-0.05, 0) is 13.3 Å². The van der Waals surface area contributed by atoms with Gasteiger partial charge in [-0.2, -0.15) is 0 Å².